The molecule has 0 saturated heterocycles. The summed E-state index contributed by atoms with van der Waals surface area (Å²) in [6.07, 6.45) is -0.653. The number of methoxy groups -OCH3 is 7. The molecule has 13 heteroatoms. The molecule has 0 unspecified atom stereocenters. The van der Waals surface area contributed by atoms with E-state index in [9.17, 15) is 19.2 Å². The molecule has 3 N–H and O–H groups in total. The molecule has 0 saturated carbocycles. The molecule has 6 aromatic carbocycles. The highest BCUT2D eigenvalue weighted by Gasteiger charge is 2.39. The highest BCUT2D eigenvalue weighted by Crippen LogP contribution is 2.56. The Morgan fingerprint density at radius 3 is 1.41 bits per heavy atom. The Bertz CT molecular complexity index is 2770. The molecule has 0 aliphatic heterocycles. The molecule has 2 aliphatic carbocycles. The number of hydrogen-bond acceptors (Lipinski definition) is 11. The number of ketones is 2. The minimum absolute atomic E-state index is 0.158. The van der Waals surface area contributed by atoms with Crippen LogP contribution in [-0.4, -0.2) is 73.3 Å². The quantitative estimate of drug-likeness (QED) is 0.153. The molecule has 6 aromatic rings. The average Bonchev–Trinajstić information content (AvgIpc) is 3.69. The third-order valence-corrected chi connectivity index (χ3v) is 10.4. The van der Waals surface area contributed by atoms with Crippen molar-refractivity contribution in [1.29, 1.82) is 0 Å². The summed E-state index contributed by atoms with van der Waals surface area (Å²) < 4.78 is 38.4. The number of carbonyl (C=O) groups excluding carboxylic acids is 4. The van der Waals surface area contributed by atoms with Crippen LogP contribution in [0.5, 0.6) is 34.5 Å². The number of aryl methyl sites for hydroxylation is 2. The standard InChI is InChI=1S/C23H21NO6.C22H19NO5/c1-11-9-13-17(15(10-11)28-3)18-19(22(29-4)20(13)24-23(26)30-5)16-12(21(18)25)7-6-8-14(16)27-2;1-10-8-12-16(14(9-10)27-3)18-19(21(28-4)17(12)22(23)25)15-11(20(18)24)6-5-7-13(15)26-2/h6-10H,1-5H3,(H,24,26);5-9H,1-4H3,(H2,23,25). The van der Waals surface area contributed by atoms with E-state index in [1.54, 1.807) is 50.6 Å². The van der Waals surface area contributed by atoms with Crippen molar-refractivity contribution in [1.82, 2.24) is 0 Å². The van der Waals surface area contributed by atoms with E-state index in [-0.39, 0.29) is 22.9 Å². The van der Waals surface area contributed by atoms with E-state index in [2.05, 4.69) is 5.32 Å². The first-order chi connectivity index (χ1) is 27.9. The number of primary amides is 1. The first-order valence-corrected chi connectivity index (χ1v) is 17.9. The summed E-state index contributed by atoms with van der Waals surface area (Å²) in [7, 11) is 10.4. The van der Waals surface area contributed by atoms with Crippen molar-refractivity contribution >= 4 is 50.8 Å². The first-order valence-electron chi connectivity index (χ1n) is 17.9. The van der Waals surface area contributed by atoms with Crippen LogP contribution in [0.4, 0.5) is 10.5 Å². The number of amides is 2. The Kier molecular flexibility index (Phi) is 10.1. The first kappa shape index (κ1) is 39.0. The lowest BCUT2D eigenvalue weighted by Crippen LogP contribution is -2.15. The van der Waals surface area contributed by atoms with Crippen molar-refractivity contribution in [2.24, 2.45) is 5.73 Å². The summed E-state index contributed by atoms with van der Waals surface area (Å²) in [5.74, 6) is 1.71. The number of rotatable bonds is 8. The Morgan fingerprint density at radius 1 is 0.534 bits per heavy atom. The van der Waals surface area contributed by atoms with Gasteiger partial charge in [-0.15, -0.1) is 0 Å². The molecule has 0 radical (unpaired) electrons. The van der Waals surface area contributed by atoms with Gasteiger partial charge in [0.25, 0.3) is 5.91 Å². The number of fused-ring (bicyclic) bond motifs is 10. The van der Waals surface area contributed by atoms with E-state index in [1.165, 1.54) is 35.5 Å². The van der Waals surface area contributed by atoms with Crippen molar-refractivity contribution < 1.29 is 52.3 Å². The lowest BCUT2D eigenvalue weighted by atomic mass is 9.90. The van der Waals surface area contributed by atoms with Gasteiger partial charge in [-0.05, 0) is 55.3 Å². The van der Waals surface area contributed by atoms with Gasteiger partial charge in [-0.3, -0.25) is 19.7 Å². The number of nitrogens with one attached hydrogen (secondary N) is 1. The minimum atomic E-state index is -0.653. The number of nitrogens with two attached hydrogens (primary N) is 1. The summed E-state index contributed by atoms with van der Waals surface area (Å²) in [5, 5.41) is 5.03. The zero-order chi connectivity index (χ0) is 41.7. The second-order valence-corrected chi connectivity index (χ2v) is 13.5. The van der Waals surface area contributed by atoms with Crippen LogP contribution in [0, 0.1) is 13.8 Å². The maximum atomic E-state index is 13.5. The molecule has 13 nitrogen and oxygen atoms in total. The summed E-state index contributed by atoms with van der Waals surface area (Å²) in [5.41, 5.74) is 12.2. The number of benzene rings is 6. The van der Waals surface area contributed by atoms with Gasteiger partial charge in [0.2, 0.25) is 0 Å². The van der Waals surface area contributed by atoms with E-state index in [1.807, 2.05) is 38.1 Å². The van der Waals surface area contributed by atoms with Crippen molar-refractivity contribution in [2.75, 3.05) is 55.1 Å². The van der Waals surface area contributed by atoms with Crippen LogP contribution >= 0.6 is 0 Å². The van der Waals surface area contributed by atoms with Crippen molar-refractivity contribution in [3.63, 3.8) is 0 Å². The average molecular weight is 785 g/mol. The van der Waals surface area contributed by atoms with Gasteiger partial charge in [0.05, 0.1) is 61.0 Å². The van der Waals surface area contributed by atoms with E-state index >= 15 is 0 Å². The molecular weight excluding hydrogens is 744 g/mol. The molecule has 0 fully saturated rings. The number of carbonyl (C=O) groups is 4. The molecule has 0 atom stereocenters. The Hall–Kier alpha value is -7.28. The van der Waals surface area contributed by atoms with E-state index in [4.69, 9.17) is 38.9 Å². The molecule has 296 valence electrons. The van der Waals surface area contributed by atoms with Gasteiger partial charge in [-0.2, -0.15) is 0 Å². The van der Waals surface area contributed by atoms with Crippen LogP contribution in [0.15, 0.2) is 60.7 Å². The van der Waals surface area contributed by atoms with Gasteiger partial charge in [0.15, 0.2) is 17.3 Å². The second kappa shape index (κ2) is 15.0. The fourth-order valence-corrected chi connectivity index (χ4v) is 8.14. The van der Waals surface area contributed by atoms with Crippen molar-refractivity contribution in [3.05, 3.63) is 99.6 Å². The Morgan fingerprint density at radius 2 is 0.983 bits per heavy atom. The van der Waals surface area contributed by atoms with E-state index in [0.29, 0.717) is 100 Å². The van der Waals surface area contributed by atoms with Crippen LogP contribution in [-0.2, 0) is 4.74 Å². The minimum Gasteiger partial charge on any atom is -0.496 e. The number of anilines is 1. The van der Waals surface area contributed by atoms with E-state index < -0.39 is 12.0 Å². The van der Waals surface area contributed by atoms with Gasteiger partial charge in [0.1, 0.15) is 28.7 Å². The molecule has 0 spiro atoms. The third-order valence-electron chi connectivity index (χ3n) is 10.4. The van der Waals surface area contributed by atoms with Gasteiger partial charge in [-0.25, -0.2) is 4.79 Å². The van der Waals surface area contributed by atoms with Crippen LogP contribution < -0.4 is 39.5 Å². The summed E-state index contributed by atoms with van der Waals surface area (Å²) in [6, 6.07) is 17.9. The summed E-state index contributed by atoms with van der Waals surface area (Å²) >= 11 is 0. The maximum Gasteiger partial charge on any atom is 0.411 e. The van der Waals surface area contributed by atoms with Crippen LogP contribution in [0.25, 0.3) is 43.8 Å². The predicted molar refractivity (Wildman–Crippen MR) is 219 cm³/mol. The van der Waals surface area contributed by atoms with Gasteiger partial charge >= 0.3 is 6.09 Å². The molecule has 2 aliphatic rings. The molecule has 0 heterocycles. The summed E-state index contributed by atoms with van der Waals surface area (Å²) in [4.78, 5) is 51.5. The van der Waals surface area contributed by atoms with Gasteiger partial charge in [-0.1, -0.05) is 30.3 Å². The van der Waals surface area contributed by atoms with Crippen LogP contribution in [0.3, 0.4) is 0 Å². The molecule has 8 rings (SSSR count). The monoisotopic (exact) mass is 784 g/mol. The second-order valence-electron chi connectivity index (χ2n) is 13.5. The molecule has 2 amide bonds. The van der Waals surface area contributed by atoms with E-state index in [0.717, 1.165) is 11.1 Å². The molecule has 0 bridgehead atoms. The fourth-order valence-electron chi connectivity index (χ4n) is 8.14. The topological polar surface area (TPSA) is 171 Å². The summed E-state index contributed by atoms with van der Waals surface area (Å²) in [6.45, 7) is 3.79. The van der Waals surface area contributed by atoms with Crippen molar-refractivity contribution in [3.8, 4) is 56.8 Å². The molecular formula is C45H40N2O11. The normalized spacial score (nSPS) is 11.8. The van der Waals surface area contributed by atoms with Gasteiger partial charge in [0, 0.05) is 66.1 Å². The maximum absolute atomic E-state index is 13.5. The lowest BCUT2D eigenvalue weighted by Gasteiger charge is -2.20. The Labute approximate surface area is 333 Å². The predicted octanol–water partition coefficient (Wildman–Crippen LogP) is 8.05. The number of hydrogen-bond donors (Lipinski definition) is 2. The number of ether oxygens (including phenoxy) is 7. The van der Waals surface area contributed by atoms with Crippen LogP contribution in [0.1, 0.15) is 53.3 Å². The van der Waals surface area contributed by atoms with Gasteiger partial charge < -0.3 is 38.9 Å². The highest BCUT2D eigenvalue weighted by molar-refractivity contribution is 6.33. The lowest BCUT2D eigenvalue weighted by molar-refractivity contribution is 0.0995. The smallest absolute Gasteiger partial charge is 0.411 e. The SMILES string of the molecule is COC(=O)Nc1c(OC)c2c(c3c(OC)cc(C)cc13)C(=O)c1cccc(OC)c1-2.COc1cccc2c1-c1c(OC)c(C(N)=O)c3cc(C)cc(OC)c3c1C2=O. The zero-order valence-electron chi connectivity index (χ0n) is 33.3. The molecule has 0 aromatic heterocycles. The third kappa shape index (κ3) is 5.77. The Balaban J connectivity index is 0.000000177. The van der Waals surface area contributed by atoms with Crippen LogP contribution in [0.2, 0.25) is 0 Å². The zero-order valence-corrected chi connectivity index (χ0v) is 33.3. The van der Waals surface area contributed by atoms with Crippen molar-refractivity contribution in [2.45, 2.75) is 13.8 Å². The largest absolute Gasteiger partial charge is 0.496 e. The molecule has 58 heavy (non-hydrogen) atoms. The highest BCUT2D eigenvalue weighted by atomic mass is 16.5. The fraction of sp³-hybridized carbons (Fsp3) is 0.200.